The predicted molar refractivity (Wildman–Crippen MR) is 53.2 cm³/mol. The van der Waals surface area contributed by atoms with Crippen molar-refractivity contribution < 1.29 is 9.21 Å². The second-order valence-corrected chi connectivity index (χ2v) is 3.90. The number of likely N-dealkylation sites (tertiary alicyclic amines) is 1. The van der Waals surface area contributed by atoms with Gasteiger partial charge in [-0.05, 0) is 24.0 Å². The zero-order chi connectivity index (χ0) is 9.97. The average molecular weight is 214 g/mol. The maximum absolute atomic E-state index is 11.1. The Morgan fingerprint density at radius 1 is 1.64 bits per heavy atom. The van der Waals surface area contributed by atoms with E-state index in [1.165, 1.54) is 5.56 Å². The third-order valence-electron chi connectivity index (χ3n) is 2.53. The van der Waals surface area contributed by atoms with Gasteiger partial charge in [-0.1, -0.05) is 0 Å². The number of nitrogens with zero attached hydrogens (tertiary/aromatic N) is 1. The molecule has 3 nitrogen and oxygen atoms in total. The maximum Gasteiger partial charge on any atom is 0.237 e. The third kappa shape index (κ3) is 1.93. The van der Waals surface area contributed by atoms with Crippen LogP contribution in [0, 0.1) is 5.92 Å². The van der Waals surface area contributed by atoms with Crippen molar-refractivity contribution in [1.82, 2.24) is 4.90 Å². The fraction of sp³-hybridized carbons (Fsp3) is 0.500. The second-order valence-electron chi connectivity index (χ2n) is 3.63. The molecule has 2 rings (SSSR count). The second kappa shape index (κ2) is 4.05. The minimum atomic E-state index is 0.0371. The van der Waals surface area contributed by atoms with Gasteiger partial charge in [-0.2, -0.15) is 0 Å². The molecular formula is C10H12ClNO2. The molecule has 4 heteroatoms. The van der Waals surface area contributed by atoms with Crippen LogP contribution in [0.3, 0.4) is 0 Å². The third-order valence-corrected chi connectivity index (χ3v) is 2.76. The van der Waals surface area contributed by atoms with E-state index in [-0.39, 0.29) is 11.8 Å². The van der Waals surface area contributed by atoms with E-state index in [2.05, 4.69) is 0 Å². The molecule has 0 N–H and O–H groups in total. The minimum absolute atomic E-state index is 0.0371. The van der Waals surface area contributed by atoms with Crippen LogP contribution >= 0.6 is 11.6 Å². The maximum atomic E-state index is 11.1. The van der Waals surface area contributed by atoms with Gasteiger partial charge in [-0.3, -0.25) is 4.79 Å². The van der Waals surface area contributed by atoms with Crippen LogP contribution in [0.2, 0.25) is 0 Å². The summed E-state index contributed by atoms with van der Waals surface area (Å²) in [6.45, 7) is 1.66. The molecule has 0 radical (unpaired) electrons. The largest absolute Gasteiger partial charge is 0.472 e. The van der Waals surface area contributed by atoms with Gasteiger partial charge in [0, 0.05) is 13.1 Å². The molecule has 76 valence electrons. The van der Waals surface area contributed by atoms with Gasteiger partial charge >= 0.3 is 0 Å². The van der Waals surface area contributed by atoms with Gasteiger partial charge in [0.25, 0.3) is 0 Å². The summed E-state index contributed by atoms with van der Waals surface area (Å²) in [5.41, 5.74) is 1.20. The van der Waals surface area contributed by atoms with Gasteiger partial charge in [0.15, 0.2) is 0 Å². The molecule has 1 aliphatic rings. The fourth-order valence-corrected chi connectivity index (χ4v) is 1.90. The van der Waals surface area contributed by atoms with Crippen molar-refractivity contribution in [2.24, 2.45) is 5.92 Å². The highest BCUT2D eigenvalue weighted by molar-refractivity contribution is 6.27. The van der Waals surface area contributed by atoms with E-state index >= 15 is 0 Å². The molecule has 0 atom stereocenters. The molecule has 1 aromatic rings. The first-order valence-corrected chi connectivity index (χ1v) is 5.18. The Balaban J connectivity index is 1.76. The summed E-state index contributed by atoms with van der Waals surface area (Å²) in [6, 6.07) is 1.96. The van der Waals surface area contributed by atoms with Gasteiger partial charge in [0.05, 0.1) is 12.5 Å². The van der Waals surface area contributed by atoms with Crippen molar-refractivity contribution >= 4 is 17.5 Å². The predicted octanol–water partition coefficient (Wildman–Crippen LogP) is 1.52. The molecule has 14 heavy (non-hydrogen) atoms. The van der Waals surface area contributed by atoms with Crippen LogP contribution in [-0.2, 0) is 11.2 Å². The van der Waals surface area contributed by atoms with E-state index in [1.807, 2.05) is 6.07 Å². The number of amides is 1. The van der Waals surface area contributed by atoms with E-state index in [1.54, 1.807) is 17.4 Å². The molecule has 1 fully saturated rings. The van der Waals surface area contributed by atoms with E-state index in [4.69, 9.17) is 16.0 Å². The van der Waals surface area contributed by atoms with E-state index in [9.17, 15) is 4.79 Å². The Bertz CT molecular complexity index is 304. The molecule has 0 aromatic carbocycles. The number of furan rings is 1. The number of hydrogen-bond acceptors (Lipinski definition) is 2. The van der Waals surface area contributed by atoms with E-state index in [0.717, 1.165) is 19.5 Å². The van der Waals surface area contributed by atoms with Crippen molar-refractivity contribution in [3.63, 3.8) is 0 Å². The smallest absolute Gasteiger partial charge is 0.237 e. The molecule has 1 saturated heterocycles. The zero-order valence-electron chi connectivity index (χ0n) is 7.78. The molecule has 0 aliphatic carbocycles. The number of carbonyl (C=O) groups is 1. The Labute approximate surface area is 87.6 Å². The Morgan fingerprint density at radius 3 is 3.00 bits per heavy atom. The number of halogens is 1. The molecule has 1 aromatic heterocycles. The lowest BCUT2D eigenvalue weighted by atomic mass is 9.93. The molecule has 2 heterocycles. The number of carbonyl (C=O) groups excluding carboxylic acids is 1. The highest BCUT2D eigenvalue weighted by atomic mass is 35.5. The van der Waals surface area contributed by atoms with Gasteiger partial charge < -0.3 is 9.32 Å². The van der Waals surface area contributed by atoms with Crippen molar-refractivity contribution in [2.75, 3.05) is 19.0 Å². The molecule has 0 bridgehead atoms. The van der Waals surface area contributed by atoms with Crippen LogP contribution in [-0.4, -0.2) is 29.8 Å². The Hall–Kier alpha value is -0.960. The molecule has 0 unspecified atom stereocenters. The van der Waals surface area contributed by atoms with Crippen LogP contribution in [0.15, 0.2) is 23.0 Å². The lowest BCUT2D eigenvalue weighted by Gasteiger charge is -2.38. The normalized spacial score (nSPS) is 16.8. The average Bonchev–Trinajstić information content (AvgIpc) is 2.61. The highest BCUT2D eigenvalue weighted by Crippen LogP contribution is 2.20. The molecular weight excluding hydrogens is 202 g/mol. The summed E-state index contributed by atoms with van der Waals surface area (Å²) < 4.78 is 4.98. The fourth-order valence-electron chi connectivity index (χ4n) is 1.73. The van der Waals surface area contributed by atoms with Gasteiger partial charge in [-0.25, -0.2) is 0 Å². The Kier molecular flexibility index (Phi) is 2.77. The van der Waals surface area contributed by atoms with Gasteiger partial charge in [0.2, 0.25) is 5.91 Å². The van der Waals surface area contributed by atoms with Crippen LogP contribution in [0.1, 0.15) is 5.56 Å². The zero-order valence-corrected chi connectivity index (χ0v) is 8.54. The van der Waals surface area contributed by atoms with E-state index < -0.39 is 0 Å². The summed E-state index contributed by atoms with van der Waals surface area (Å²) in [4.78, 5) is 12.9. The van der Waals surface area contributed by atoms with Gasteiger partial charge in [-0.15, -0.1) is 11.6 Å². The summed E-state index contributed by atoms with van der Waals surface area (Å²) in [6.07, 6.45) is 4.42. The quantitative estimate of drug-likeness (QED) is 0.714. The molecule has 1 amide bonds. The van der Waals surface area contributed by atoms with Gasteiger partial charge in [0.1, 0.15) is 5.88 Å². The number of rotatable bonds is 3. The minimum Gasteiger partial charge on any atom is -0.472 e. The van der Waals surface area contributed by atoms with Crippen molar-refractivity contribution in [2.45, 2.75) is 6.42 Å². The van der Waals surface area contributed by atoms with E-state index in [0.29, 0.717) is 5.92 Å². The van der Waals surface area contributed by atoms with Crippen LogP contribution < -0.4 is 0 Å². The lowest BCUT2D eigenvalue weighted by molar-refractivity contribution is -0.134. The molecule has 0 spiro atoms. The standard InChI is InChI=1S/C10H12ClNO2/c11-4-10(13)12-5-9(6-12)3-8-1-2-14-7-8/h1-2,7,9H,3-6H2. The topological polar surface area (TPSA) is 33.5 Å². The van der Waals surface area contributed by atoms with Crippen molar-refractivity contribution in [3.05, 3.63) is 24.2 Å². The lowest BCUT2D eigenvalue weighted by Crippen LogP contribution is -2.51. The van der Waals surface area contributed by atoms with Crippen molar-refractivity contribution in [3.8, 4) is 0 Å². The monoisotopic (exact) mass is 213 g/mol. The number of alkyl halides is 1. The summed E-state index contributed by atoms with van der Waals surface area (Å²) in [5, 5.41) is 0. The molecule has 1 aliphatic heterocycles. The molecule has 0 saturated carbocycles. The first-order valence-electron chi connectivity index (χ1n) is 4.64. The first kappa shape index (κ1) is 9.59. The van der Waals surface area contributed by atoms with Crippen molar-refractivity contribution in [1.29, 1.82) is 0 Å². The summed E-state index contributed by atoms with van der Waals surface area (Å²) in [7, 11) is 0. The number of hydrogen-bond donors (Lipinski definition) is 0. The summed E-state index contributed by atoms with van der Waals surface area (Å²) in [5.74, 6) is 0.702. The SMILES string of the molecule is O=C(CCl)N1CC(Cc2ccoc2)C1. The van der Waals surface area contributed by atoms with Crippen LogP contribution in [0.5, 0.6) is 0 Å². The highest BCUT2D eigenvalue weighted by Gasteiger charge is 2.29. The van der Waals surface area contributed by atoms with Crippen LogP contribution in [0.25, 0.3) is 0 Å². The Morgan fingerprint density at radius 2 is 2.43 bits per heavy atom. The van der Waals surface area contributed by atoms with Crippen LogP contribution in [0.4, 0.5) is 0 Å². The first-order chi connectivity index (χ1) is 6.79. The summed E-state index contributed by atoms with van der Waals surface area (Å²) >= 11 is 5.44.